The lowest BCUT2D eigenvalue weighted by Crippen LogP contribution is -2.68. The van der Waals surface area contributed by atoms with Crippen LogP contribution in [-0.2, 0) is 38.1 Å². The van der Waals surface area contributed by atoms with Crippen LogP contribution in [0.3, 0.4) is 0 Å². The quantitative estimate of drug-likeness (QED) is 0.385. The first kappa shape index (κ1) is 27.8. The third-order valence-electron chi connectivity index (χ3n) is 7.28. The summed E-state index contributed by atoms with van der Waals surface area (Å²) in [7, 11) is 7.07. The van der Waals surface area contributed by atoms with Crippen LogP contribution in [0.2, 0.25) is 0 Å². The minimum atomic E-state index is -2.62. The van der Waals surface area contributed by atoms with Crippen molar-refractivity contribution in [3.05, 3.63) is 35.1 Å². The third-order valence-corrected chi connectivity index (χ3v) is 7.28. The van der Waals surface area contributed by atoms with Gasteiger partial charge in [0.05, 0.1) is 60.1 Å². The zero-order valence-corrected chi connectivity index (χ0v) is 21.3. The minimum Gasteiger partial charge on any atom is -0.511 e. The van der Waals surface area contributed by atoms with Crippen LogP contribution in [0.1, 0.15) is 17.9 Å². The molecule has 0 spiro atoms. The van der Waals surface area contributed by atoms with Gasteiger partial charge in [-0.3, -0.25) is 14.4 Å². The van der Waals surface area contributed by atoms with Gasteiger partial charge in [-0.25, -0.2) is 4.79 Å². The molecule has 37 heavy (non-hydrogen) atoms. The largest absolute Gasteiger partial charge is 0.511 e. The van der Waals surface area contributed by atoms with Crippen molar-refractivity contribution in [1.29, 1.82) is 0 Å². The lowest BCUT2D eigenvalue weighted by Gasteiger charge is -2.55. The van der Waals surface area contributed by atoms with Crippen LogP contribution in [0.15, 0.2) is 29.5 Å². The van der Waals surface area contributed by atoms with Gasteiger partial charge in [0.25, 0.3) is 0 Å². The number of carbonyl (C=O) groups is 4. The lowest BCUT2D eigenvalue weighted by molar-refractivity contribution is -0.208. The van der Waals surface area contributed by atoms with Gasteiger partial charge in [0.2, 0.25) is 0 Å². The summed E-state index contributed by atoms with van der Waals surface area (Å²) >= 11 is 0. The molecule has 6 atom stereocenters. The Hall–Kier alpha value is -3.80. The van der Waals surface area contributed by atoms with Gasteiger partial charge in [-0.05, 0) is 24.1 Å². The van der Waals surface area contributed by atoms with Gasteiger partial charge in [0.15, 0.2) is 11.5 Å². The number of hydrogen-bond acceptors (Lipinski definition) is 12. The molecule has 0 amide bonds. The van der Waals surface area contributed by atoms with Crippen LogP contribution in [0.25, 0.3) is 0 Å². The van der Waals surface area contributed by atoms with Crippen molar-refractivity contribution in [2.75, 3.05) is 42.7 Å². The first-order valence-corrected chi connectivity index (χ1v) is 11.3. The first-order chi connectivity index (χ1) is 17.6. The molecular weight excluding hydrogens is 492 g/mol. The molecule has 1 aromatic rings. The Kier molecular flexibility index (Phi) is 8.01. The molecule has 12 heteroatoms. The van der Waals surface area contributed by atoms with E-state index < -0.39 is 70.4 Å². The molecule has 0 saturated heterocycles. The molecule has 0 aliphatic heterocycles. The van der Waals surface area contributed by atoms with Crippen LogP contribution in [-0.4, -0.2) is 82.4 Å². The highest BCUT2D eigenvalue weighted by molar-refractivity contribution is 5.96. The van der Waals surface area contributed by atoms with E-state index in [1.807, 2.05) is 0 Å². The highest BCUT2D eigenvalue weighted by Gasteiger charge is 2.71. The summed E-state index contributed by atoms with van der Waals surface area (Å²) in [5.41, 5.74) is -2.56. The molecule has 0 aromatic heterocycles. The van der Waals surface area contributed by atoms with Crippen molar-refractivity contribution in [3.8, 4) is 11.5 Å². The number of benzene rings is 1. The summed E-state index contributed by atoms with van der Waals surface area (Å²) in [5, 5.41) is 23.4. The summed E-state index contributed by atoms with van der Waals surface area (Å²) in [6, 6.07) is 4.78. The van der Waals surface area contributed by atoms with Crippen molar-refractivity contribution in [2.45, 2.75) is 17.9 Å². The zero-order valence-electron chi connectivity index (χ0n) is 21.3. The second kappa shape index (κ2) is 10.7. The van der Waals surface area contributed by atoms with Gasteiger partial charge < -0.3 is 38.6 Å². The Morgan fingerprint density at radius 2 is 1.32 bits per heavy atom. The molecule has 12 nitrogen and oxygen atoms in total. The Morgan fingerprint density at radius 3 is 1.81 bits per heavy atom. The summed E-state index contributed by atoms with van der Waals surface area (Å²) in [5.74, 6) is -11.7. The Morgan fingerprint density at radius 1 is 0.784 bits per heavy atom. The number of fused-ring (bicyclic) bond motifs is 2. The van der Waals surface area contributed by atoms with Crippen molar-refractivity contribution in [2.24, 2.45) is 23.7 Å². The first-order valence-electron chi connectivity index (χ1n) is 11.3. The highest BCUT2D eigenvalue weighted by Crippen LogP contribution is 2.60. The maximum atomic E-state index is 13.3. The Labute approximate surface area is 213 Å². The molecule has 2 aliphatic rings. The predicted molar refractivity (Wildman–Crippen MR) is 124 cm³/mol. The van der Waals surface area contributed by atoms with Crippen molar-refractivity contribution < 1.29 is 57.8 Å². The van der Waals surface area contributed by atoms with Crippen LogP contribution in [0, 0.1) is 23.7 Å². The van der Waals surface area contributed by atoms with Crippen molar-refractivity contribution >= 4 is 23.9 Å². The molecular formula is C25H30O12. The smallest absolute Gasteiger partial charge is 0.337 e. The number of carbonyl (C=O) groups excluding carboxylic acids is 4. The van der Waals surface area contributed by atoms with E-state index in [-0.39, 0.29) is 6.42 Å². The number of hydrogen-bond donors (Lipinski definition) is 2. The summed E-state index contributed by atoms with van der Waals surface area (Å²) in [6.45, 7) is 0. The van der Waals surface area contributed by atoms with Gasteiger partial charge >= 0.3 is 23.9 Å². The average Bonchev–Trinajstić information content (AvgIpc) is 2.90. The summed E-state index contributed by atoms with van der Waals surface area (Å²) < 4.78 is 30.3. The molecule has 1 aromatic carbocycles. The molecule has 1 fully saturated rings. The molecule has 0 radical (unpaired) electrons. The molecule has 3 rings (SSSR count). The van der Waals surface area contributed by atoms with E-state index in [1.54, 1.807) is 18.2 Å². The zero-order chi connectivity index (χ0) is 27.7. The molecule has 1 unspecified atom stereocenters. The van der Waals surface area contributed by atoms with E-state index in [0.717, 1.165) is 28.4 Å². The summed E-state index contributed by atoms with van der Waals surface area (Å²) in [6.07, 6.45) is -0.111. The number of aliphatic hydroxyl groups excluding tert-OH is 1. The molecule has 2 bridgehead atoms. The van der Waals surface area contributed by atoms with Gasteiger partial charge in [0, 0.05) is 11.8 Å². The van der Waals surface area contributed by atoms with Crippen LogP contribution in [0.5, 0.6) is 11.5 Å². The normalized spacial score (nSPS) is 28.6. The fourth-order valence-electron chi connectivity index (χ4n) is 5.75. The standard InChI is InChI=1S/C25H30O12/c1-32-14-8-7-11(9-15(14)33-2)12-10-13-16(21(27)34-3)20(26)19(24(30)37-6)25(31,17(12)22(28)35-4)18(13)23(29)36-5/h7-9,12-13,17-19,26,31H,10H2,1-6H3/t12-,13-,17-,18-,19?,25-/m1/s1. The van der Waals surface area contributed by atoms with E-state index in [4.69, 9.17) is 28.4 Å². The number of esters is 4. The second-order valence-corrected chi connectivity index (χ2v) is 8.70. The van der Waals surface area contributed by atoms with E-state index >= 15 is 0 Å². The molecule has 1 saturated carbocycles. The second-order valence-electron chi connectivity index (χ2n) is 8.70. The van der Waals surface area contributed by atoms with E-state index in [9.17, 15) is 29.4 Å². The van der Waals surface area contributed by atoms with Crippen molar-refractivity contribution in [3.63, 3.8) is 0 Å². The monoisotopic (exact) mass is 522 g/mol. The fraction of sp³-hybridized carbons (Fsp3) is 0.520. The van der Waals surface area contributed by atoms with Gasteiger partial charge in [-0.2, -0.15) is 0 Å². The van der Waals surface area contributed by atoms with E-state index in [2.05, 4.69) is 0 Å². The van der Waals surface area contributed by atoms with Gasteiger partial charge in [0.1, 0.15) is 17.3 Å². The van der Waals surface area contributed by atoms with Crippen LogP contribution >= 0.6 is 0 Å². The third kappa shape index (κ3) is 4.24. The number of methoxy groups -OCH3 is 6. The van der Waals surface area contributed by atoms with E-state index in [1.165, 1.54) is 14.2 Å². The topological polar surface area (TPSA) is 164 Å². The van der Waals surface area contributed by atoms with Crippen LogP contribution in [0.4, 0.5) is 0 Å². The maximum Gasteiger partial charge on any atom is 0.337 e. The minimum absolute atomic E-state index is 0.111. The number of ether oxygens (including phenoxy) is 6. The fourth-order valence-corrected chi connectivity index (χ4v) is 5.75. The summed E-state index contributed by atoms with van der Waals surface area (Å²) in [4.78, 5) is 52.3. The van der Waals surface area contributed by atoms with E-state index in [0.29, 0.717) is 17.1 Å². The lowest BCUT2D eigenvalue weighted by atomic mass is 9.49. The number of aliphatic hydroxyl groups is 2. The molecule has 2 aliphatic carbocycles. The molecule has 202 valence electrons. The molecule has 2 N–H and O–H groups in total. The highest BCUT2D eigenvalue weighted by atomic mass is 16.5. The SMILES string of the molecule is COC(=O)C1=C(O)C(C(=O)OC)[C@]2(O)[C@@H](C(=O)OC)[C@@H]1C[C@H](c1ccc(OC)c(OC)c1)[C@@H]2C(=O)OC. The average molecular weight is 523 g/mol. The Balaban J connectivity index is 2.41. The predicted octanol–water partition coefficient (Wildman–Crippen LogP) is 0.905. The van der Waals surface area contributed by atoms with Crippen LogP contribution < -0.4 is 9.47 Å². The van der Waals surface area contributed by atoms with Crippen molar-refractivity contribution in [1.82, 2.24) is 0 Å². The van der Waals surface area contributed by atoms with Gasteiger partial charge in [-0.1, -0.05) is 6.07 Å². The number of rotatable bonds is 7. The Bertz CT molecular complexity index is 1120. The van der Waals surface area contributed by atoms with Gasteiger partial charge in [-0.15, -0.1) is 0 Å². The molecule has 0 heterocycles. The maximum absolute atomic E-state index is 13.3.